The van der Waals surface area contributed by atoms with Crippen molar-refractivity contribution in [2.24, 2.45) is 0 Å². The summed E-state index contributed by atoms with van der Waals surface area (Å²) in [4.78, 5) is 0.272. The maximum atomic E-state index is 12.5. The molecule has 0 bridgehead atoms. The summed E-state index contributed by atoms with van der Waals surface area (Å²) in [6.45, 7) is 2.04. The van der Waals surface area contributed by atoms with Gasteiger partial charge >= 0.3 is 0 Å². The number of sulfonamides is 1. The first-order valence-electron chi connectivity index (χ1n) is 6.86. The molecule has 0 amide bonds. The topological polar surface area (TPSA) is 46.2 Å². The van der Waals surface area contributed by atoms with Crippen LogP contribution in [0, 0.1) is 0 Å². The third-order valence-electron chi connectivity index (χ3n) is 3.18. The van der Waals surface area contributed by atoms with Gasteiger partial charge < -0.3 is 0 Å². The van der Waals surface area contributed by atoms with Crippen molar-refractivity contribution >= 4 is 26.0 Å². The van der Waals surface area contributed by atoms with E-state index in [2.05, 4.69) is 20.7 Å². The number of hydrogen-bond donors (Lipinski definition) is 1. The van der Waals surface area contributed by atoms with Gasteiger partial charge in [0.1, 0.15) is 0 Å². The maximum absolute atomic E-state index is 12.5. The summed E-state index contributed by atoms with van der Waals surface area (Å²) < 4.78 is 28.6. The molecule has 0 aromatic heterocycles. The van der Waals surface area contributed by atoms with Crippen LogP contribution in [0.4, 0.5) is 0 Å². The Morgan fingerprint density at radius 1 is 1.10 bits per heavy atom. The van der Waals surface area contributed by atoms with E-state index < -0.39 is 10.0 Å². The Kier molecular flexibility index (Phi) is 5.56. The Morgan fingerprint density at radius 2 is 1.81 bits per heavy atom. The zero-order valence-electron chi connectivity index (χ0n) is 11.8. The second-order valence-corrected chi connectivity index (χ2v) is 7.46. The minimum Gasteiger partial charge on any atom is -0.207 e. The molecule has 2 aromatic rings. The summed E-state index contributed by atoms with van der Waals surface area (Å²) in [6.07, 6.45) is 1.66. The van der Waals surface area contributed by atoms with Crippen LogP contribution in [0.1, 0.15) is 31.4 Å². The minimum absolute atomic E-state index is 0.208. The van der Waals surface area contributed by atoms with E-state index in [1.165, 1.54) is 0 Å². The molecule has 3 nitrogen and oxygen atoms in total. The van der Waals surface area contributed by atoms with E-state index in [0.717, 1.165) is 22.9 Å². The summed E-state index contributed by atoms with van der Waals surface area (Å²) in [5.74, 6) is 0. The van der Waals surface area contributed by atoms with Crippen molar-refractivity contribution in [1.82, 2.24) is 4.72 Å². The molecule has 0 fully saturated rings. The predicted molar refractivity (Wildman–Crippen MR) is 88.6 cm³/mol. The Balaban J connectivity index is 2.28. The smallest absolute Gasteiger partial charge is 0.207 e. The average molecular weight is 368 g/mol. The third-order valence-corrected chi connectivity index (χ3v) is 5.15. The van der Waals surface area contributed by atoms with Gasteiger partial charge in [-0.05, 0) is 30.2 Å². The molecule has 1 unspecified atom stereocenters. The fourth-order valence-corrected chi connectivity index (χ4v) is 4.01. The number of benzene rings is 2. The molecule has 0 aliphatic carbocycles. The van der Waals surface area contributed by atoms with Gasteiger partial charge in [-0.15, -0.1) is 0 Å². The predicted octanol–water partition coefficient (Wildman–Crippen LogP) is 4.27. The van der Waals surface area contributed by atoms with Gasteiger partial charge in [-0.2, -0.15) is 0 Å². The van der Waals surface area contributed by atoms with Crippen LogP contribution < -0.4 is 4.72 Å². The quantitative estimate of drug-likeness (QED) is 0.828. The molecule has 0 aliphatic rings. The molecule has 1 N–H and O–H groups in total. The third kappa shape index (κ3) is 4.40. The van der Waals surface area contributed by atoms with Crippen molar-refractivity contribution in [1.29, 1.82) is 0 Å². The van der Waals surface area contributed by atoms with Crippen LogP contribution in [0.5, 0.6) is 0 Å². The van der Waals surface area contributed by atoms with Gasteiger partial charge in [0.05, 0.1) is 4.90 Å². The Labute approximate surface area is 134 Å². The number of halogens is 1. The second kappa shape index (κ2) is 7.20. The normalized spacial score (nSPS) is 13.0. The maximum Gasteiger partial charge on any atom is 0.241 e. The fraction of sp³-hybridized carbons (Fsp3) is 0.250. The van der Waals surface area contributed by atoms with Gasteiger partial charge in [0.15, 0.2) is 0 Å². The number of hydrogen-bond acceptors (Lipinski definition) is 2. The molecule has 21 heavy (non-hydrogen) atoms. The molecule has 0 aliphatic heterocycles. The zero-order valence-corrected chi connectivity index (χ0v) is 14.2. The zero-order chi connectivity index (χ0) is 15.3. The van der Waals surface area contributed by atoms with E-state index in [0.29, 0.717) is 0 Å². The second-order valence-electron chi connectivity index (χ2n) is 4.83. The van der Waals surface area contributed by atoms with Crippen molar-refractivity contribution in [3.05, 3.63) is 64.6 Å². The molecule has 5 heteroatoms. The van der Waals surface area contributed by atoms with Gasteiger partial charge in [0.25, 0.3) is 0 Å². The number of nitrogens with one attached hydrogen (secondary N) is 1. The van der Waals surface area contributed by atoms with E-state index in [1.807, 2.05) is 37.3 Å². The van der Waals surface area contributed by atoms with Gasteiger partial charge in [-0.1, -0.05) is 65.7 Å². The van der Waals surface area contributed by atoms with Crippen LogP contribution in [0.15, 0.2) is 64.0 Å². The highest BCUT2D eigenvalue weighted by atomic mass is 79.9. The van der Waals surface area contributed by atoms with Gasteiger partial charge in [-0.3, -0.25) is 0 Å². The summed E-state index contributed by atoms with van der Waals surface area (Å²) in [5, 5.41) is 0. The molecule has 2 rings (SSSR count). The lowest BCUT2D eigenvalue weighted by atomic mass is 10.0. The van der Waals surface area contributed by atoms with Crippen LogP contribution in [0.2, 0.25) is 0 Å². The summed E-state index contributed by atoms with van der Waals surface area (Å²) >= 11 is 3.30. The lowest BCUT2D eigenvalue weighted by molar-refractivity contribution is 0.536. The SMILES string of the molecule is CCCC(NS(=O)(=O)c1cccc(Br)c1)c1ccccc1. The molecule has 0 heterocycles. The highest BCUT2D eigenvalue weighted by Crippen LogP contribution is 2.22. The van der Waals surface area contributed by atoms with E-state index >= 15 is 0 Å². The van der Waals surface area contributed by atoms with E-state index in [-0.39, 0.29) is 10.9 Å². The Hall–Kier alpha value is -1.17. The Morgan fingerprint density at radius 3 is 2.43 bits per heavy atom. The van der Waals surface area contributed by atoms with Crippen LogP contribution in [0.3, 0.4) is 0 Å². The molecule has 112 valence electrons. The molecular formula is C16H18BrNO2S. The highest BCUT2D eigenvalue weighted by molar-refractivity contribution is 9.10. The molecule has 0 radical (unpaired) electrons. The molecular weight excluding hydrogens is 350 g/mol. The summed E-state index contributed by atoms with van der Waals surface area (Å²) in [7, 11) is -3.53. The highest BCUT2D eigenvalue weighted by Gasteiger charge is 2.20. The van der Waals surface area contributed by atoms with Gasteiger partial charge in [0, 0.05) is 10.5 Å². The van der Waals surface area contributed by atoms with Crippen LogP contribution in [-0.4, -0.2) is 8.42 Å². The van der Waals surface area contributed by atoms with Crippen LogP contribution >= 0.6 is 15.9 Å². The monoisotopic (exact) mass is 367 g/mol. The van der Waals surface area contributed by atoms with Crippen molar-refractivity contribution < 1.29 is 8.42 Å². The first-order chi connectivity index (χ1) is 10.0. The van der Waals surface area contributed by atoms with E-state index in [1.54, 1.807) is 24.3 Å². The summed E-state index contributed by atoms with van der Waals surface area (Å²) in [6, 6.07) is 16.2. The first-order valence-corrected chi connectivity index (χ1v) is 9.13. The lowest BCUT2D eigenvalue weighted by Gasteiger charge is -2.18. The Bertz CT molecular complexity index is 686. The van der Waals surface area contributed by atoms with Crippen molar-refractivity contribution in [2.45, 2.75) is 30.7 Å². The minimum atomic E-state index is -3.53. The van der Waals surface area contributed by atoms with E-state index in [4.69, 9.17) is 0 Å². The fourth-order valence-electron chi connectivity index (χ4n) is 2.16. The van der Waals surface area contributed by atoms with Crippen LogP contribution in [-0.2, 0) is 10.0 Å². The van der Waals surface area contributed by atoms with Crippen molar-refractivity contribution in [3.8, 4) is 0 Å². The largest absolute Gasteiger partial charge is 0.241 e. The molecule has 0 saturated heterocycles. The van der Waals surface area contributed by atoms with Crippen molar-refractivity contribution in [2.75, 3.05) is 0 Å². The first kappa shape index (κ1) is 16.2. The average Bonchev–Trinajstić information content (AvgIpc) is 2.47. The van der Waals surface area contributed by atoms with Gasteiger partial charge in [0.2, 0.25) is 10.0 Å². The standard InChI is InChI=1S/C16H18BrNO2S/c1-2-7-16(13-8-4-3-5-9-13)18-21(19,20)15-11-6-10-14(17)12-15/h3-6,8-12,16,18H,2,7H2,1H3. The van der Waals surface area contributed by atoms with Gasteiger partial charge in [-0.25, -0.2) is 13.1 Å². The van der Waals surface area contributed by atoms with Crippen molar-refractivity contribution in [3.63, 3.8) is 0 Å². The lowest BCUT2D eigenvalue weighted by Crippen LogP contribution is -2.28. The molecule has 2 aromatic carbocycles. The van der Waals surface area contributed by atoms with Crippen LogP contribution in [0.25, 0.3) is 0 Å². The molecule has 0 saturated carbocycles. The molecule has 0 spiro atoms. The summed E-state index contributed by atoms with van der Waals surface area (Å²) in [5.41, 5.74) is 0.984. The van der Waals surface area contributed by atoms with E-state index in [9.17, 15) is 8.42 Å². The molecule has 1 atom stereocenters. The number of rotatable bonds is 6.